The van der Waals surface area contributed by atoms with E-state index < -0.39 is 0 Å². The smallest absolute Gasteiger partial charge is 0.258 e. The Morgan fingerprint density at radius 1 is 1.29 bits per heavy atom. The molecule has 0 aromatic heterocycles. The largest absolute Gasteiger partial charge is 0.484 e. The van der Waals surface area contributed by atoms with Gasteiger partial charge in [-0.1, -0.05) is 26.0 Å². The summed E-state index contributed by atoms with van der Waals surface area (Å²) in [6.07, 6.45) is 1.59. The van der Waals surface area contributed by atoms with Crippen molar-refractivity contribution in [2.24, 2.45) is 5.73 Å². The Labute approximate surface area is 125 Å². The lowest BCUT2D eigenvalue weighted by atomic mass is 9.94. The fraction of sp³-hybridized carbons (Fsp3) is 0.500. The molecule has 0 aliphatic heterocycles. The second-order valence-corrected chi connectivity index (χ2v) is 5.22. The molecular weight excluding hydrogens is 268 g/mol. The van der Waals surface area contributed by atoms with Crippen molar-refractivity contribution >= 4 is 11.7 Å². The maximum atomic E-state index is 11.8. The summed E-state index contributed by atoms with van der Waals surface area (Å²) in [4.78, 5) is 23.0. The molecule has 1 rings (SSSR count). The van der Waals surface area contributed by atoms with E-state index in [4.69, 9.17) is 10.5 Å². The van der Waals surface area contributed by atoms with Crippen LogP contribution in [0, 0.1) is 0 Å². The first-order chi connectivity index (χ1) is 9.90. The molecule has 1 aromatic rings. The Hall–Kier alpha value is -1.88. The third-order valence-electron chi connectivity index (χ3n) is 3.66. The molecule has 1 amide bonds. The molecule has 0 spiro atoms. The fourth-order valence-electron chi connectivity index (χ4n) is 1.78. The monoisotopic (exact) mass is 292 g/mol. The first-order valence-electron chi connectivity index (χ1n) is 7.19. The standard InChI is InChI=1S/C16H24N2O3/c1-4-16(17,5-2)11-18-15(20)10-21-14-8-6-7-13(9-14)12(3)19/h6-9H,4-5,10-11,17H2,1-3H3,(H,18,20). The second-order valence-electron chi connectivity index (χ2n) is 5.22. The zero-order valence-corrected chi connectivity index (χ0v) is 12.9. The number of benzene rings is 1. The minimum atomic E-state index is -0.371. The van der Waals surface area contributed by atoms with Crippen LogP contribution in [0.1, 0.15) is 44.0 Å². The summed E-state index contributed by atoms with van der Waals surface area (Å²) in [6, 6.07) is 6.77. The number of ketones is 1. The van der Waals surface area contributed by atoms with Gasteiger partial charge in [0.15, 0.2) is 12.4 Å². The molecule has 0 atom stereocenters. The van der Waals surface area contributed by atoms with Crippen molar-refractivity contribution < 1.29 is 14.3 Å². The van der Waals surface area contributed by atoms with E-state index >= 15 is 0 Å². The van der Waals surface area contributed by atoms with Crippen LogP contribution in [-0.4, -0.2) is 30.4 Å². The minimum absolute atomic E-state index is 0.0382. The highest BCUT2D eigenvalue weighted by atomic mass is 16.5. The van der Waals surface area contributed by atoms with Crippen molar-refractivity contribution in [1.29, 1.82) is 0 Å². The molecule has 5 nitrogen and oxygen atoms in total. The van der Waals surface area contributed by atoms with E-state index in [1.54, 1.807) is 24.3 Å². The van der Waals surface area contributed by atoms with Crippen LogP contribution in [0.25, 0.3) is 0 Å². The lowest BCUT2D eigenvalue weighted by Gasteiger charge is -2.26. The van der Waals surface area contributed by atoms with Crippen molar-refractivity contribution in [3.05, 3.63) is 29.8 Å². The van der Waals surface area contributed by atoms with Crippen LogP contribution in [-0.2, 0) is 4.79 Å². The van der Waals surface area contributed by atoms with Gasteiger partial charge in [0.25, 0.3) is 5.91 Å². The van der Waals surface area contributed by atoms with Crippen LogP contribution in [0.5, 0.6) is 5.75 Å². The van der Waals surface area contributed by atoms with Gasteiger partial charge in [-0.15, -0.1) is 0 Å². The summed E-state index contributed by atoms with van der Waals surface area (Å²) in [7, 11) is 0. The number of Topliss-reactive ketones (excluding diaryl/α,β-unsaturated/α-hetero) is 1. The van der Waals surface area contributed by atoms with E-state index in [9.17, 15) is 9.59 Å². The molecule has 0 aliphatic rings. The number of ether oxygens (including phenoxy) is 1. The summed E-state index contributed by atoms with van der Waals surface area (Å²) in [5, 5.41) is 2.78. The van der Waals surface area contributed by atoms with Crippen molar-refractivity contribution in [2.75, 3.05) is 13.2 Å². The molecule has 0 bridgehead atoms. The predicted octanol–water partition coefficient (Wildman–Crippen LogP) is 1.90. The van der Waals surface area contributed by atoms with E-state index in [0.29, 0.717) is 17.9 Å². The molecule has 3 N–H and O–H groups in total. The van der Waals surface area contributed by atoms with E-state index in [-0.39, 0.29) is 23.8 Å². The third-order valence-corrected chi connectivity index (χ3v) is 3.66. The highest BCUT2D eigenvalue weighted by Crippen LogP contribution is 2.13. The minimum Gasteiger partial charge on any atom is -0.484 e. The molecule has 0 radical (unpaired) electrons. The summed E-state index contributed by atoms with van der Waals surface area (Å²) in [6.45, 7) is 5.82. The van der Waals surface area contributed by atoms with Crippen LogP contribution in [0.15, 0.2) is 24.3 Å². The molecule has 0 fully saturated rings. The van der Waals surface area contributed by atoms with Gasteiger partial charge in [-0.25, -0.2) is 0 Å². The molecule has 0 unspecified atom stereocenters. The number of carbonyl (C=O) groups excluding carboxylic acids is 2. The van der Waals surface area contributed by atoms with E-state index in [1.807, 2.05) is 13.8 Å². The van der Waals surface area contributed by atoms with Gasteiger partial charge in [-0.05, 0) is 31.9 Å². The molecule has 1 aromatic carbocycles. The van der Waals surface area contributed by atoms with Crippen LogP contribution >= 0.6 is 0 Å². The Morgan fingerprint density at radius 2 is 1.95 bits per heavy atom. The molecular formula is C16H24N2O3. The number of amides is 1. The van der Waals surface area contributed by atoms with Crippen molar-refractivity contribution in [2.45, 2.75) is 39.2 Å². The summed E-state index contributed by atoms with van der Waals surface area (Å²) in [5.74, 6) is 0.242. The van der Waals surface area contributed by atoms with Gasteiger partial charge in [-0.3, -0.25) is 9.59 Å². The predicted molar refractivity (Wildman–Crippen MR) is 82.5 cm³/mol. The summed E-state index contributed by atoms with van der Waals surface area (Å²) in [5.41, 5.74) is 6.30. The Balaban J connectivity index is 2.46. The highest BCUT2D eigenvalue weighted by Gasteiger charge is 2.20. The zero-order chi connectivity index (χ0) is 15.9. The summed E-state index contributed by atoms with van der Waals surface area (Å²) >= 11 is 0. The number of nitrogens with one attached hydrogen (secondary N) is 1. The number of nitrogens with two attached hydrogens (primary N) is 1. The van der Waals surface area contributed by atoms with E-state index in [2.05, 4.69) is 5.32 Å². The lowest BCUT2D eigenvalue weighted by molar-refractivity contribution is -0.123. The summed E-state index contributed by atoms with van der Waals surface area (Å²) < 4.78 is 5.39. The Kier molecular flexibility index (Phi) is 6.37. The van der Waals surface area contributed by atoms with Crippen LogP contribution in [0.3, 0.4) is 0 Å². The molecule has 0 saturated heterocycles. The maximum Gasteiger partial charge on any atom is 0.258 e. The Bertz CT molecular complexity index is 496. The van der Waals surface area contributed by atoms with Gasteiger partial charge >= 0.3 is 0 Å². The Morgan fingerprint density at radius 3 is 2.52 bits per heavy atom. The second kappa shape index (κ2) is 7.78. The highest BCUT2D eigenvalue weighted by molar-refractivity contribution is 5.94. The van der Waals surface area contributed by atoms with Crippen LogP contribution in [0.4, 0.5) is 0 Å². The number of rotatable bonds is 8. The van der Waals surface area contributed by atoms with Gasteiger partial charge in [0, 0.05) is 17.6 Å². The first-order valence-corrected chi connectivity index (χ1v) is 7.19. The van der Waals surface area contributed by atoms with Crippen molar-refractivity contribution in [3.63, 3.8) is 0 Å². The fourth-order valence-corrected chi connectivity index (χ4v) is 1.78. The molecule has 0 heterocycles. The molecule has 116 valence electrons. The van der Waals surface area contributed by atoms with Gasteiger partial charge < -0.3 is 15.8 Å². The quantitative estimate of drug-likeness (QED) is 0.717. The number of hydrogen-bond donors (Lipinski definition) is 2. The van der Waals surface area contributed by atoms with Crippen molar-refractivity contribution in [3.8, 4) is 5.75 Å². The maximum absolute atomic E-state index is 11.8. The van der Waals surface area contributed by atoms with Gasteiger partial charge in [-0.2, -0.15) is 0 Å². The molecule has 5 heteroatoms. The molecule has 21 heavy (non-hydrogen) atoms. The normalized spacial score (nSPS) is 11.0. The lowest BCUT2D eigenvalue weighted by Crippen LogP contribution is -2.50. The average molecular weight is 292 g/mol. The van der Waals surface area contributed by atoms with E-state index in [1.165, 1.54) is 6.92 Å². The topological polar surface area (TPSA) is 81.4 Å². The van der Waals surface area contributed by atoms with Crippen molar-refractivity contribution in [1.82, 2.24) is 5.32 Å². The van der Waals surface area contributed by atoms with E-state index in [0.717, 1.165) is 12.8 Å². The first kappa shape index (κ1) is 17.2. The SMILES string of the molecule is CCC(N)(CC)CNC(=O)COc1cccc(C(C)=O)c1. The average Bonchev–Trinajstić information content (AvgIpc) is 2.50. The number of hydrogen-bond acceptors (Lipinski definition) is 4. The van der Waals surface area contributed by atoms with Gasteiger partial charge in [0.05, 0.1) is 0 Å². The molecule has 0 saturated carbocycles. The third kappa shape index (κ3) is 5.55. The van der Waals surface area contributed by atoms with Gasteiger partial charge in [0.1, 0.15) is 5.75 Å². The number of carbonyl (C=O) groups is 2. The van der Waals surface area contributed by atoms with Crippen LogP contribution < -0.4 is 15.8 Å². The van der Waals surface area contributed by atoms with Gasteiger partial charge in [0.2, 0.25) is 0 Å². The van der Waals surface area contributed by atoms with Crippen LogP contribution in [0.2, 0.25) is 0 Å². The molecule has 0 aliphatic carbocycles. The zero-order valence-electron chi connectivity index (χ0n) is 12.9.